The normalized spacial score (nSPS) is 5.40. The van der Waals surface area contributed by atoms with Gasteiger partial charge in [0.25, 0.3) is 0 Å². The number of ether oxygens (including phenoxy) is 1. The van der Waals surface area contributed by atoms with E-state index in [-0.39, 0.29) is 38.6 Å². The molecule has 0 rings (SSSR count). The molecule has 5 heteroatoms. The third-order valence-corrected chi connectivity index (χ3v) is 0.534. The van der Waals surface area contributed by atoms with Crippen molar-refractivity contribution >= 4 is 5.97 Å². The van der Waals surface area contributed by atoms with Crippen LogP contribution in [0.25, 0.3) is 0 Å². The number of methoxy groups -OCH3 is 1. The molecule has 4 nitrogen and oxygen atoms in total. The van der Waals surface area contributed by atoms with Crippen LogP contribution in [-0.2, 0) is 42.2 Å². The molecule has 10 heavy (non-hydrogen) atoms. The van der Waals surface area contributed by atoms with Gasteiger partial charge in [0, 0.05) is 5.57 Å². The zero-order valence-electron chi connectivity index (χ0n) is 5.84. The summed E-state index contributed by atoms with van der Waals surface area (Å²) >= 11 is 0. The molecule has 0 fully saturated rings. The fourth-order valence-corrected chi connectivity index (χ4v) is 0.174. The van der Waals surface area contributed by atoms with Crippen LogP contribution in [0.15, 0.2) is 12.2 Å². The molecule has 0 aromatic rings. The van der Waals surface area contributed by atoms with E-state index in [1.54, 1.807) is 6.92 Å². The van der Waals surface area contributed by atoms with E-state index in [0.29, 0.717) is 5.57 Å². The van der Waals surface area contributed by atoms with Crippen LogP contribution in [0.2, 0.25) is 0 Å². The number of esters is 1. The summed E-state index contributed by atoms with van der Waals surface area (Å²) in [6.07, 6.45) is 0. The van der Waals surface area contributed by atoms with Gasteiger partial charge in [-0.3, -0.25) is 0 Å². The summed E-state index contributed by atoms with van der Waals surface area (Å²) in [6, 6.07) is 0. The van der Waals surface area contributed by atoms with Gasteiger partial charge in [-0.15, -0.1) is 0 Å². The molecule has 0 bridgehead atoms. The Hall–Kier alpha value is -0.156. The molecule has 0 saturated heterocycles. The second-order valence-corrected chi connectivity index (χ2v) is 1.27. The number of hydrogen-bond donors (Lipinski definition) is 0. The second kappa shape index (κ2) is 11.6. The molecule has 0 heterocycles. The first-order chi connectivity index (χ1) is 3.18. The van der Waals surface area contributed by atoms with E-state index in [1.165, 1.54) is 7.11 Å². The largest absolute Gasteiger partial charge is 4.00 e. The number of carbonyl (C=O) groups excluding carboxylic acids is 1. The van der Waals surface area contributed by atoms with Gasteiger partial charge in [-0.2, -0.15) is 0 Å². The van der Waals surface area contributed by atoms with Crippen LogP contribution in [0.4, 0.5) is 0 Å². The fraction of sp³-hybridized carbons (Fsp3) is 0.400. The number of carbonyl (C=O) groups is 1. The van der Waals surface area contributed by atoms with Crippen molar-refractivity contribution < 1.29 is 42.2 Å². The van der Waals surface area contributed by atoms with E-state index < -0.39 is 0 Å². The van der Waals surface area contributed by atoms with Crippen molar-refractivity contribution in [3.05, 3.63) is 12.2 Å². The third kappa shape index (κ3) is 10.8. The van der Waals surface area contributed by atoms with Crippen LogP contribution >= 0.6 is 0 Å². The Morgan fingerprint density at radius 1 is 1.40 bits per heavy atom. The summed E-state index contributed by atoms with van der Waals surface area (Å²) in [5.74, 6) is -0.347. The Balaban J connectivity index is -0.0000000600. The van der Waals surface area contributed by atoms with Gasteiger partial charge < -0.3 is 15.7 Å². The molecule has 0 aliphatic heterocycles. The Labute approximate surface area is 74.8 Å². The van der Waals surface area contributed by atoms with Crippen molar-refractivity contribution in [2.75, 3.05) is 7.11 Å². The Bertz CT molecular complexity index is 102. The maximum absolute atomic E-state index is 10.2. The zero-order valence-corrected chi connectivity index (χ0v) is 7.40. The van der Waals surface area contributed by atoms with Crippen molar-refractivity contribution in [1.82, 2.24) is 0 Å². The van der Waals surface area contributed by atoms with Crippen LogP contribution in [0, 0.1) is 0 Å². The molecule has 0 aliphatic carbocycles. The number of hydrogen-bond acceptors (Lipinski definition) is 2. The standard InChI is InChI=1S/C5H8O2.2O.Ti/c1-4(2)5(6)7-3;;;/h1H2,2-3H3;;;/q;2*-2;+4. The molecule has 0 spiro atoms. The van der Waals surface area contributed by atoms with Gasteiger partial charge in [0.15, 0.2) is 0 Å². The summed E-state index contributed by atoms with van der Waals surface area (Å²) in [5, 5.41) is 0. The quantitative estimate of drug-likeness (QED) is 0.334. The van der Waals surface area contributed by atoms with Crippen LogP contribution < -0.4 is 0 Å². The third-order valence-electron chi connectivity index (χ3n) is 0.534. The zero-order chi connectivity index (χ0) is 5.86. The smallest absolute Gasteiger partial charge is 2.00 e. The van der Waals surface area contributed by atoms with Crippen LogP contribution in [-0.4, -0.2) is 13.1 Å². The van der Waals surface area contributed by atoms with Gasteiger partial charge in [-0.1, -0.05) is 6.58 Å². The molecule has 0 saturated carbocycles. The van der Waals surface area contributed by atoms with Gasteiger partial charge in [-0.05, 0) is 6.92 Å². The minimum atomic E-state index is -0.347. The van der Waals surface area contributed by atoms with Crippen molar-refractivity contribution in [1.29, 1.82) is 0 Å². The maximum Gasteiger partial charge on any atom is 4.00 e. The average Bonchev–Trinajstić information content (AvgIpc) is 1.65. The average molecular weight is 180 g/mol. The van der Waals surface area contributed by atoms with Crippen LogP contribution in [0.1, 0.15) is 6.92 Å². The molecule has 0 amide bonds. The molecular weight excluding hydrogens is 172 g/mol. The minimum Gasteiger partial charge on any atom is -2.00 e. The predicted octanol–water partition coefficient (Wildman–Crippen LogP) is 0.495. The molecule has 56 valence electrons. The Morgan fingerprint density at radius 2 is 1.70 bits per heavy atom. The molecule has 0 radical (unpaired) electrons. The Morgan fingerprint density at radius 3 is 1.70 bits per heavy atom. The SMILES string of the molecule is C=C(C)C(=O)OC.[O-2].[O-2].[Ti+4]. The maximum atomic E-state index is 10.2. The molecule has 0 aliphatic rings. The molecule has 0 aromatic carbocycles. The van der Waals surface area contributed by atoms with E-state index in [2.05, 4.69) is 11.3 Å². The summed E-state index contributed by atoms with van der Waals surface area (Å²) in [5.41, 5.74) is 0.433. The molecule has 0 unspecified atom stereocenters. The van der Waals surface area contributed by atoms with Gasteiger partial charge in [0.2, 0.25) is 0 Å². The van der Waals surface area contributed by atoms with Gasteiger partial charge in [0.1, 0.15) is 0 Å². The van der Waals surface area contributed by atoms with E-state index in [9.17, 15) is 4.79 Å². The summed E-state index contributed by atoms with van der Waals surface area (Å²) in [6.45, 7) is 4.95. The van der Waals surface area contributed by atoms with Crippen molar-refractivity contribution in [2.24, 2.45) is 0 Å². The summed E-state index contributed by atoms with van der Waals surface area (Å²) in [4.78, 5) is 10.2. The minimum absolute atomic E-state index is 0. The molecular formula is C5H8O4Ti. The fourth-order valence-electron chi connectivity index (χ4n) is 0.174. The summed E-state index contributed by atoms with van der Waals surface area (Å²) < 4.78 is 4.27. The first kappa shape index (κ1) is 22.5. The molecule has 0 atom stereocenters. The van der Waals surface area contributed by atoms with E-state index in [4.69, 9.17) is 0 Å². The Kier molecular flexibility index (Phi) is 26.2. The monoisotopic (exact) mass is 180 g/mol. The van der Waals surface area contributed by atoms with E-state index >= 15 is 0 Å². The van der Waals surface area contributed by atoms with Crippen molar-refractivity contribution in [2.45, 2.75) is 6.92 Å². The van der Waals surface area contributed by atoms with Crippen molar-refractivity contribution in [3.8, 4) is 0 Å². The molecule has 0 aromatic heterocycles. The van der Waals surface area contributed by atoms with Crippen LogP contribution in [0.3, 0.4) is 0 Å². The second-order valence-electron chi connectivity index (χ2n) is 1.27. The predicted molar refractivity (Wildman–Crippen MR) is 28.2 cm³/mol. The first-order valence-electron chi connectivity index (χ1n) is 1.92. The van der Waals surface area contributed by atoms with E-state index in [0.717, 1.165) is 0 Å². The van der Waals surface area contributed by atoms with Gasteiger partial charge in [0.05, 0.1) is 7.11 Å². The topological polar surface area (TPSA) is 83.3 Å². The number of rotatable bonds is 1. The first-order valence-corrected chi connectivity index (χ1v) is 1.92. The molecule has 0 N–H and O–H groups in total. The van der Waals surface area contributed by atoms with E-state index in [1.807, 2.05) is 0 Å². The summed E-state index contributed by atoms with van der Waals surface area (Å²) in [7, 11) is 1.33. The van der Waals surface area contributed by atoms with Gasteiger partial charge >= 0.3 is 27.7 Å². The van der Waals surface area contributed by atoms with Crippen LogP contribution in [0.5, 0.6) is 0 Å². The van der Waals surface area contributed by atoms with Crippen molar-refractivity contribution in [3.63, 3.8) is 0 Å². The van der Waals surface area contributed by atoms with Gasteiger partial charge in [-0.25, -0.2) is 4.79 Å².